The van der Waals surface area contributed by atoms with Crippen molar-refractivity contribution in [2.24, 2.45) is 0 Å². The fraction of sp³-hybridized carbons (Fsp3) is 0.500. The highest BCUT2D eigenvalue weighted by Crippen LogP contribution is 2.48. The third kappa shape index (κ3) is 1.60. The first kappa shape index (κ1) is 12.2. The van der Waals surface area contributed by atoms with E-state index in [0.29, 0.717) is 0 Å². The normalized spacial score (nSPS) is 19.9. The Kier molecular flexibility index (Phi) is 2.81. The zero-order chi connectivity index (χ0) is 12.8. The summed E-state index contributed by atoms with van der Waals surface area (Å²) in [6, 6.07) is 4.69. The summed E-state index contributed by atoms with van der Waals surface area (Å²) in [4.78, 5) is 2.35. The van der Waals surface area contributed by atoms with Crippen LogP contribution < -0.4 is 4.90 Å². The first-order chi connectivity index (χ1) is 7.93. The summed E-state index contributed by atoms with van der Waals surface area (Å²) in [7, 11) is 2.18. The van der Waals surface area contributed by atoms with Crippen molar-refractivity contribution in [3.8, 4) is 0 Å². The van der Waals surface area contributed by atoms with E-state index in [1.165, 1.54) is 28.1 Å². The van der Waals surface area contributed by atoms with Gasteiger partial charge in [0.25, 0.3) is 0 Å². The van der Waals surface area contributed by atoms with E-state index in [2.05, 4.69) is 64.8 Å². The lowest BCUT2D eigenvalue weighted by Crippen LogP contribution is -2.22. The Morgan fingerprint density at radius 1 is 1.29 bits per heavy atom. The molecule has 0 radical (unpaired) electrons. The van der Waals surface area contributed by atoms with Crippen molar-refractivity contribution in [3.63, 3.8) is 0 Å². The van der Waals surface area contributed by atoms with Crippen LogP contribution in [0.3, 0.4) is 0 Å². The molecule has 1 nitrogen and oxygen atoms in total. The van der Waals surface area contributed by atoms with E-state index in [1.54, 1.807) is 0 Å². The molecule has 0 saturated carbocycles. The average Bonchev–Trinajstić information content (AvgIpc) is 2.46. The summed E-state index contributed by atoms with van der Waals surface area (Å²) in [5.74, 6) is 0. The Labute approximate surface area is 105 Å². The van der Waals surface area contributed by atoms with E-state index >= 15 is 0 Å². The van der Waals surface area contributed by atoms with Gasteiger partial charge in [-0.1, -0.05) is 32.9 Å². The third-order valence-corrected chi connectivity index (χ3v) is 4.04. The lowest BCUT2D eigenvalue weighted by molar-refractivity contribution is 0.635. The van der Waals surface area contributed by atoms with E-state index in [1.807, 2.05) is 0 Å². The van der Waals surface area contributed by atoms with Gasteiger partial charge in [0.2, 0.25) is 0 Å². The molecule has 0 bridgehead atoms. The van der Waals surface area contributed by atoms with E-state index in [-0.39, 0.29) is 5.41 Å². The van der Waals surface area contributed by atoms with Crippen LogP contribution in [0.5, 0.6) is 0 Å². The molecule has 0 atom stereocenters. The van der Waals surface area contributed by atoms with E-state index < -0.39 is 0 Å². The van der Waals surface area contributed by atoms with Crippen molar-refractivity contribution in [1.29, 1.82) is 0 Å². The molecule has 0 saturated heterocycles. The summed E-state index contributed by atoms with van der Waals surface area (Å²) < 4.78 is 0. The Balaban J connectivity index is 2.72. The summed E-state index contributed by atoms with van der Waals surface area (Å²) in [5.41, 5.74) is 7.28. The van der Waals surface area contributed by atoms with Crippen LogP contribution in [0, 0.1) is 6.92 Å². The molecular formula is C16H23N. The van der Waals surface area contributed by atoms with E-state index in [9.17, 15) is 0 Å². The Morgan fingerprint density at radius 3 is 2.47 bits per heavy atom. The summed E-state index contributed by atoms with van der Waals surface area (Å²) in [5, 5.41) is 0. The maximum absolute atomic E-state index is 2.35. The monoisotopic (exact) mass is 229 g/mol. The molecule has 1 heteroatoms. The van der Waals surface area contributed by atoms with Gasteiger partial charge in [0.15, 0.2) is 0 Å². The number of benzene rings is 1. The number of aryl methyl sites for hydroxylation is 2. The largest absolute Gasteiger partial charge is 0.347 e. The highest BCUT2D eigenvalue weighted by atomic mass is 15.2. The van der Waals surface area contributed by atoms with Gasteiger partial charge < -0.3 is 4.90 Å². The van der Waals surface area contributed by atoms with Crippen molar-refractivity contribution in [3.05, 3.63) is 40.6 Å². The lowest BCUT2D eigenvalue weighted by Gasteiger charge is -2.24. The molecular weight excluding hydrogens is 206 g/mol. The quantitative estimate of drug-likeness (QED) is 0.698. The predicted molar refractivity (Wildman–Crippen MR) is 75.7 cm³/mol. The van der Waals surface area contributed by atoms with Crippen LogP contribution in [0.25, 0.3) is 0 Å². The maximum atomic E-state index is 2.35. The lowest BCUT2D eigenvalue weighted by atomic mass is 9.81. The fourth-order valence-electron chi connectivity index (χ4n) is 3.36. The number of anilines is 1. The first-order valence-corrected chi connectivity index (χ1v) is 6.48. The Hall–Kier alpha value is -1.24. The number of hydrogen-bond acceptors (Lipinski definition) is 1. The number of rotatable bonds is 1. The molecule has 0 unspecified atom stereocenters. The molecule has 1 aliphatic rings. The van der Waals surface area contributed by atoms with Crippen LogP contribution in [-0.4, -0.2) is 7.05 Å². The zero-order valence-corrected chi connectivity index (χ0v) is 11.9. The summed E-state index contributed by atoms with van der Waals surface area (Å²) in [6.07, 6.45) is 3.35. The number of allylic oxidation sites excluding steroid dienone is 2. The molecule has 0 fully saturated rings. The first-order valence-electron chi connectivity index (χ1n) is 6.48. The van der Waals surface area contributed by atoms with E-state index in [0.717, 1.165) is 6.42 Å². The molecule has 1 aromatic rings. The van der Waals surface area contributed by atoms with Crippen molar-refractivity contribution in [2.75, 3.05) is 11.9 Å². The van der Waals surface area contributed by atoms with Gasteiger partial charge in [-0.05, 0) is 43.0 Å². The minimum atomic E-state index is 0.134. The topological polar surface area (TPSA) is 3.24 Å². The van der Waals surface area contributed by atoms with Crippen molar-refractivity contribution >= 4 is 5.69 Å². The van der Waals surface area contributed by atoms with Gasteiger partial charge in [0.1, 0.15) is 0 Å². The fourth-order valence-corrected chi connectivity index (χ4v) is 3.36. The molecule has 17 heavy (non-hydrogen) atoms. The van der Waals surface area contributed by atoms with Crippen LogP contribution in [0.15, 0.2) is 23.9 Å². The maximum Gasteiger partial charge on any atom is 0.0453 e. The summed E-state index contributed by atoms with van der Waals surface area (Å²) in [6.45, 7) is 11.2. The second-order valence-corrected chi connectivity index (χ2v) is 5.52. The van der Waals surface area contributed by atoms with Gasteiger partial charge in [-0.15, -0.1) is 0 Å². The minimum absolute atomic E-state index is 0.134. The van der Waals surface area contributed by atoms with E-state index in [4.69, 9.17) is 0 Å². The zero-order valence-electron chi connectivity index (χ0n) is 11.9. The number of nitrogens with zero attached hydrogens (tertiary/aromatic N) is 1. The molecule has 0 N–H and O–H groups in total. The van der Waals surface area contributed by atoms with Crippen LogP contribution >= 0.6 is 0 Å². The van der Waals surface area contributed by atoms with Gasteiger partial charge in [-0.3, -0.25) is 0 Å². The van der Waals surface area contributed by atoms with Gasteiger partial charge >= 0.3 is 0 Å². The highest BCUT2D eigenvalue weighted by molar-refractivity contribution is 5.72. The number of likely N-dealkylation sites (N-methyl/N-ethyl adjacent to an activating group) is 1. The van der Waals surface area contributed by atoms with Gasteiger partial charge in [0.05, 0.1) is 0 Å². The minimum Gasteiger partial charge on any atom is -0.347 e. The van der Waals surface area contributed by atoms with Crippen LogP contribution in [0.4, 0.5) is 5.69 Å². The molecule has 2 rings (SSSR count). The molecule has 1 heterocycles. The van der Waals surface area contributed by atoms with Gasteiger partial charge in [0, 0.05) is 23.8 Å². The SMILES string of the molecule is CC=C1N(C)c2cc(CC)cc(C)c2C1(C)C. The molecule has 0 amide bonds. The molecule has 1 aliphatic heterocycles. The van der Waals surface area contributed by atoms with Crippen molar-refractivity contribution < 1.29 is 0 Å². The molecule has 0 aliphatic carbocycles. The molecule has 0 spiro atoms. The van der Waals surface area contributed by atoms with Gasteiger partial charge in [-0.2, -0.15) is 0 Å². The average molecular weight is 229 g/mol. The molecule has 1 aromatic carbocycles. The molecule has 0 aromatic heterocycles. The predicted octanol–water partition coefficient (Wildman–Crippen LogP) is 4.19. The highest BCUT2D eigenvalue weighted by Gasteiger charge is 2.39. The number of hydrogen-bond donors (Lipinski definition) is 0. The second-order valence-electron chi connectivity index (χ2n) is 5.52. The third-order valence-electron chi connectivity index (χ3n) is 4.04. The molecule has 92 valence electrons. The van der Waals surface area contributed by atoms with Crippen molar-refractivity contribution in [2.45, 2.75) is 46.5 Å². The Morgan fingerprint density at radius 2 is 1.94 bits per heavy atom. The second kappa shape index (κ2) is 3.90. The van der Waals surface area contributed by atoms with Gasteiger partial charge in [-0.25, -0.2) is 0 Å². The summed E-state index contributed by atoms with van der Waals surface area (Å²) >= 11 is 0. The van der Waals surface area contributed by atoms with Crippen LogP contribution in [0.1, 0.15) is 44.4 Å². The Bertz CT molecular complexity index is 481. The number of fused-ring (bicyclic) bond motifs is 1. The standard InChI is InChI=1S/C16H23N/c1-7-12-9-11(3)15-13(10-12)17(6)14(8-2)16(15,4)5/h8-10H,7H2,1-6H3. The van der Waals surface area contributed by atoms with Crippen LogP contribution in [0.2, 0.25) is 0 Å². The van der Waals surface area contributed by atoms with Crippen LogP contribution in [-0.2, 0) is 11.8 Å². The smallest absolute Gasteiger partial charge is 0.0453 e. The van der Waals surface area contributed by atoms with Crippen molar-refractivity contribution in [1.82, 2.24) is 0 Å².